The number of likely N-dealkylation sites (tertiary alicyclic amines) is 1. The van der Waals surface area contributed by atoms with Crippen molar-refractivity contribution < 1.29 is 22.4 Å². The number of oxazole rings is 1. The van der Waals surface area contributed by atoms with Gasteiger partial charge in [0.2, 0.25) is 0 Å². The van der Waals surface area contributed by atoms with Gasteiger partial charge in [-0.3, -0.25) is 24.2 Å². The van der Waals surface area contributed by atoms with E-state index in [-0.39, 0.29) is 28.3 Å². The van der Waals surface area contributed by atoms with E-state index in [9.17, 15) is 18.0 Å². The fourth-order valence-electron chi connectivity index (χ4n) is 3.86. The number of hydrogen-bond donors (Lipinski definition) is 1. The number of rotatable bonds is 6. The van der Waals surface area contributed by atoms with Crippen molar-refractivity contribution >= 4 is 21.8 Å². The van der Waals surface area contributed by atoms with E-state index < -0.39 is 21.8 Å². The minimum Gasteiger partial charge on any atom is -0.444 e. The molecule has 2 aromatic heterocycles. The van der Waals surface area contributed by atoms with Gasteiger partial charge in [-0.1, -0.05) is 12.1 Å². The van der Waals surface area contributed by atoms with Crippen molar-refractivity contribution in [3.63, 3.8) is 0 Å². The van der Waals surface area contributed by atoms with Crippen molar-refractivity contribution in [1.29, 1.82) is 0 Å². The van der Waals surface area contributed by atoms with Gasteiger partial charge in [0.25, 0.3) is 21.8 Å². The Bertz CT molecular complexity index is 1390. The molecule has 10 heteroatoms. The molecule has 0 spiro atoms. The summed E-state index contributed by atoms with van der Waals surface area (Å²) in [6, 6.07) is 9.60. The quantitative estimate of drug-likeness (QED) is 0.559. The topological polar surface area (TPSA) is 122 Å². The number of pyridine rings is 1. The molecule has 1 saturated heterocycles. The predicted molar refractivity (Wildman–Crippen MR) is 116 cm³/mol. The first-order chi connectivity index (χ1) is 15.9. The second-order valence-electron chi connectivity index (χ2n) is 7.56. The zero-order valence-electron chi connectivity index (χ0n) is 17.3. The molecule has 1 N–H and O–H groups in total. The number of allylic oxidation sites excluding steroid dienone is 2. The molecule has 5 rings (SSSR count). The molecule has 1 aliphatic heterocycles. The zero-order chi connectivity index (χ0) is 23.0. The molecular formula is C23H18N4O5S. The predicted octanol–water partition coefficient (Wildman–Crippen LogP) is 2.56. The maximum absolute atomic E-state index is 13.1. The molecule has 1 aliphatic carbocycles. The first-order valence-corrected chi connectivity index (χ1v) is 11.6. The van der Waals surface area contributed by atoms with Crippen molar-refractivity contribution in [3.8, 4) is 11.3 Å². The molecule has 0 bridgehead atoms. The van der Waals surface area contributed by atoms with E-state index in [0.717, 1.165) is 4.90 Å². The van der Waals surface area contributed by atoms with Crippen LogP contribution in [0, 0.1) is 0 Å². The molecule has 2 aliphatic rings. The van der Waals surface area contributed by atoms with Crippen LogP contribution in [0.1, 0.15) is 18.4 Å². The highest BCUT2D eigenvalue weighted by Gasteiger charge is 2.42. The van der Waals surface area contributed by atoms with Crippen molar-refractivity contribution in [2.45, 2.75) is 24.3 Å². The Morgan fingerprint density at radius 2 is 1.85 bits per heavy atom. The van der Waals surface area contributed by atoms with Gasteiger partial charge in [0.05, 0.1) is 28.8 Å². The van der Waals surface area contributed by atoms with Crippen LogP contribution in [0.4, 0.5) is 0 Å². The lowest BCUT2D eigenvalue weighted by Crippen LogP contribution is -2.30. The minimum absolute atomic E-state index is 0.0268. The third kappa shape index (κ3) is 3.85. The monoisotopic (exact) mass is 462 g/mol. The largest absolute Gasteiger partial charge is 0.444 e. The third-order valence-corrected chi connectivity index (χ3v) is 6.86. The number of carbonyl (C=O) groups excluding carboxylic acids is 2. The number of nitrogens with zero attached hydrogens (tertiary/aromatic N) is 3. The Morgan fingerprint density at radius 1 is 1.03 bits per heavy atom. The normalized spacial score (nSPS) is 16.1. The van der Waals surface area contributed by atoms with Crippen molar-refractivity contribution in [1.82, 2.24) is 19.6 Å². The molecule has 0 saturated carbocycles. The summed E-state index contributed by atoms with van der Waals surface area (Å²) >= 11 is 0. The summed E-state index contributed by atoms with van der Waals surface area (Å²) in [6.45, 7) is 0.0650. The number of aromatic nitrogens is 2. The van der Waals surface area contributed by atoms with E-state index in [4.69, 9.17) is 4.42 Å². The van der Waals surface area contributed by atoms with Crippen LogP contribution in [0.25, 0.3) is 11.3 Å². The van der Waals surface area contributed by atoms with Crippen LogP contribution in [0.5, 0.6) is 0 Å². The van der Waals surface area contributed by atoms with E-state index in [2.05, 4.69) is 14.7 Å². The number of carbonyl (C=O) groups is 2. The Hall–Kier alpha value is -4.05. The van der Waals surface area contributed by atoms with Crippen LogP contribution in [0.3, 0.4) is 0 Å². The molecule has 1 aromatic carbocycles. The Labute approximate surface area is 189 Å². The van der Waals surface area contributed by atoms with Gasteiger partial charge in [0.15, 0.2) is 12.2 Å². The molecule has 0 atom stereocenters. The summed E-state index contributed by atoms with van der Waals surface area (Å²) in [5, 5.41) is 0. The maximum atomic E-state index is 13.1. The molecule has 0 radical (unpaired) electrons. The standard InChI is InChI=1S/C23H18N4O5S/c28-22-18-4-1-5-19(21(18)23(29)27(22)13-15-3-2-10-24-11-15)26-33(30,31)17-8-6-16(7-9-17)20-12-25-14-32-20/h2-4,6-12,14,26H,1,5,13H2. The van der Waals surface area contributed by atoms with Gasteiger partial charge in [-0.15, -0.1) is 0 Å². The van der Waals surface area contributed by atoms with Gasteiger partial charge in [-0.05, 0) is 48.7 Å². The number of fused-ring (bicyclic) bond motifs is 1. The number of hydrogen-bond acceptors (Lipinski definition) is 7. The molecule has 2 amide bonds. The average molecular weight is 462 g/mol. The highest BCUT2D eigenvalue weighted by Crippen LogP contribution is 2.34. The second kappa shape index (κ2) is 8.14. The SMILES string of the molecule is O=C1C2=CCCC(NS(=O)(=O)c3ccc(-c4cnco4)cc3)=C2C(=O)N1Cc1cccnc1. The van der Waals surface area contributed by atoms with E-state index in [1.54, 1.807) is 42.7 Å². The summed E-state index contributed by atoms with van der Waals surface area (Å²) in [5.41, 5.74) is 1.94. The summed E-state index contributed by atoms with van der Waals surface area (Å²) in [4.78, 5) is 35.0. The van der Waals surface area contributed by atoms with E-state index in [0.29, 0.717) is 29.7 Å². The van der Waals surface area contributed by atoms with E-state index >= 15 is 0 Å². The molecule has 33 heavy (non-hydrogen) atoms. The maximum Gasteiger partial charge on any atom is 0.263 e. The lowest BCUT2D eigenvalue weighted by atomic mass is 9.97. The number of sulfonamides is 1. The molecule has 9 nitrogen and oxygen atoms in total. The molecule has 3 aromatic rings. The molecule has 1 fully saturated rings. The Kier molecular flexibility index (Phi) is 5.14. The van der Waals surface area contributed by atoms with E-state index in [1.165, 1.54) is 24.7 Å². The number of benzene rings is 1. The fourth-order valence-corrected chi connectivity index (χ4v) is 5.00. The number of amides is 2. The second-order valence-corrected chi connectivity index (χ2v) is 9.25. The van der Waals surface area contributed by atoms with Crippen LogP contribution in [0.15, 0.2) is 93.6 Å². The average Bonchev–Trinajstić information content (AvgIpc) is 3.44. The summed E-state index contributed by atoms with van der Waals surface area (Å²) in [5.74, 6) is -0.442. The van der Waals surface area contributed by atoms with Gasteiger partial charge in [0, 0.05) is 23.7 Å². The molecule has 3 heterocycles. The van der Waals surface area contributed by atoms with Gasteiger partial charge in [-0.2, -0.15) is 0 Å². The summed E-state index contributed by atoms with van der Waals surface area (Å²) in [7, 11) is -3.97. The van der Waals surface area contributed by atoms with Gasteiger partial charge in [0.1, 0.15) is 0 Å². The van der Waals surface area contributed by atoms with E-state index in [1.807, 2.05) is 0 Å². The first-order valence-electron chi connectivity index (χ1n) is 10.1. The molecular weight excluding hydrogens is 444 g/mol. The minimum atomic E-state index is -3.97. The zero-order valence-corrected chi connectivity index (χ0v) is 18.1. The van der Waals surface area contributed by atoms with Crippen LogP contribution in [0.2, 0.25) is 0 Å². The number of imide groups is 1. The van der Waals surface area contributed by atoms with Crippen molar-refractivity contribution in [2.24, 2.45) is 0 Å². The summed E-state index contributed by atoms with van der Waals surface area (Å²) < 4.78 is 33.8. The lowest BCUT2D eigenvalue weighted by molar-refractivity contribution is -0.137. The van der Waals surface area contributed by atoms with Gasteiger partial charge in [-0.25, -0.2) is 13.4 Å². The lowest BCUT2D eigenvalue weighted by Gasteiger charge is -2.17. The summed E-state index contributed by atoms with van der Waals surface area (Å²) in [6.07, 6.45) is 8.44. The first kappa shape index (κ1) is 20.8. The van der Waals surface area contributed by atoms with Crippen molar-refractivity contribution in [3.05, 3.63) is 89.9 Å². The van der Waals surface area contributed by atoms with Crippen molar-refractivity contribution in [2.75, 3.05) is 0 Å². The van der Waals surface area contributed by atoms with Crippen LogP contribution >= 0.6 is 0 Å². The highest BCUT2D eigenvalue weighted by atomic mass is 32.2. The third-order valence-electron chi connectivity index (χ3n) is 5.45. The van der Waals surface area contributed by atoms with Crippen LogP contribution in [-0.4, -0.2) is 35.1 Å². The molecule has 0 unspecified atom stereocenters. The number of nitrogens with one attached hydrogen (secondary N) is 1. The fraction of sp³-hybridized carbons (Fsp3) is 0.130. The smallest absolute Gasteiger partial charge is 0.263 e. The Balaban J connectivity index is 1.43. The van der Waals surface area contributed by atoms with Crippen LogP contribution in [-0.2, 0) is 26.2 Å². The molecule has 166 valence electrons. The van der Waals surface area contributed by atoms with Crippen LogP contribution < -0.4 is 4.72 Å². The van der Waals surface area contributed by atoms with Gasteiger partial charge < -0.3 is 4.42 Å². The van der Waals surface area contributed by atoms with Gasteiger partial charge >= 0.3 is 0 Å². The highest BCUT2D eigenvalue weighted by molar-refractivity contribution is 7.89. The Morgan fingerprint density at radius 3 is 2.55 bits per heavy atom.